The van der Waals surface area contributed by atoms with Gasteiger partial charge in [0.1, 0.15) is 0 Å². The van der Waals surface area contributed by atoms with Gasteiger partial charge in [-0.3, -0.25) is 19.7 Å². The third-order valence-electron chi connectivity index (χ3n) is 3.82. The molecule has 0 bridgehead atoms. The Morgan fingerprint density at radius 2 is 1.78 bits per heavy atom. The SMILES string of the molecule is O=C(O)CCC(Cc1ccccc1)NC(=O)COc1ccccc1[N+](=O)[O-]. The molecule has 2 N–H and O–H groups in total. The molecular formula is C19H20N2O6. The summed E-state index contributed by atoms with van der Waals surface area (Å²) in [5, 5.41) is 22.6. The molecule has 0 saturated carbocycles. The van der Waals surface area contributed by atoms with E-state index in [-0.39, 0.29) is 30.3 Å². The van der Waals surface area contributed by atoms with Crippen molar-refractivity contribution in [3.63, 3.8) is 0 Å². The van der Waals surface area contributed by atoms with E-state index in [2.05, 4.69) is 5.32 Å². The molecule has 0 aliphatic carbocycles. The predicted octanol–water partition coefficient (Wildman–Crippen LogP) is 2.57. The Morgan fingerprint density at radius 1 is 1.11 bits per heavy atom. The highest BCUT2D eigenvalue weighted by atomic mass is 16.6. The fourth-order valence-electron chi connectivity index (χ4n) is 2.56. The lowest BCUT2D eigenvalue weighted by Gasteiger charge is -2.18. The molecule has 142 valence electrons. The van der Waals surface area contributed by atoms with Gasteiger partial charge < -0.3 is 15.2 Å². The van der Waals surface area contributed by atoms with Gasteiger partial charge in [0.25, 0.3) is 5.91 Å². The first-order valence-corrected chi connectivity index (χ1v) is 8.37. The predicted molar refractivity (Wildman–Crippen MR) is 97.5 cm³/mol. The molecule has 0 saturated heterocycles. The summed E-state index contributed by atoms with van der Waals surface area (Å²) in [6.45, 7) is -0.400. The standard InChI is InChI=1S/C19H20N2O6/c22-18(13-27-17-9-5-4-8-16(17)21(25)26)20-15(10-11-19(23)24)12-14-6-2-1-3-7-14/h1-9,15H,10-13H2,(H,20,22)(H,23,24). The highest BCUT2D eigenvalue weighted by Gasteiger charge is 2.18. The van der Waals surface area contributed by atoms with Crippen molar-refractivity contribution in [1.82, 2.24) is 5.32 Å². The van der Waals surface area contributed by atoms with Crippen LogP contribution in [0.1, 0.15) is 18.4 Å². The fourth-order valence-corrected chi connectivity index (χ4v) is 2.56. The quantitative estimate of drug-likeness (QED) is 0.489. The van der Waals surface area contributed by atoms with E-state index >= 15 is 0 Å². The van der Waals surface area contributed by atoms with Crippen molar-refractivity contribution in [3.8, 4) is 5.75 Å². The van der Waals surface area contributed by atoms with E-state index in [4.69, 9.17) is 9.84 Å². The number of carboxylic acids is 1. The molecule has 0 radical (unpaired) electrons. The number of hydrogen-bond acceptors (Lipinski definition) is 5. The number of nitrogens with zero attached hydrogens (tertiary/aromatic N) is 1. The Hall–Kier alpha value is -3.42. The molecule has 0 heterocycles. The van der Waals surface area contributed by atoms with Crippen LogP contribution in [0.3, 0.4) is 0 Å². The number of nitro groups is 1. The van der Waals surface area contributed by atoms with Crippen LogP contribution in [0, 0.1) is 10.1 Å². The third kappa shape index (κ3) is 6.77. The van der Waals surface area contributed by atoms with Gasteiger partial charge in [-0.05, 0) is 24.5 Å². The van der Waals surface area contributed by atoms with Crippen LogP contribution < -0.4 is 10.1 Å². The van der Waals surface area contributed by atoms with E-state index < -0.39 is 23.4 Å². The number of para-hydroxylation sites is 2. The first-order chi connectivity index (χ1) is 13.0. The van der Waals surface area contributed by atoms with Crippen LogP contribution in [0.5, 0.6) is 5.75 Å². The highest BCUT2D eigenvalue weighted by molar-refractivity contribution is 5.78. The van der Waals surface area contributed by atoms with Crippen LogP contribution in [0.15, 0.2) is 54.6 Å². The summed E-state index contributed by atoms with van der Waals surface area (Å²) >= 11 is 0. The molecule has 2 rings (SSSR count). The van der Waals surface area contributed by atoms with Crippen molar-refractivity contribution >= 4 is 17.6 Å². The second kappa shape index (κ2) is 9.91. The van der Waals surface area contributed by atoms with Gasteiger partial charge in [-0.15, -0.1) is 0 Å². The van der Waals surface area contributed by atoms with Gasteiger partial charge in [0.15, 0.2) is 12.4 Å². The van der Waals surface area contributed by atoms with Crippen molar-refractivity contribution in [1.29, 1.82) is 0 Å². The van der Waals surface area contributed by atoms with Gasteiger partial charge in [-0.1, -0.05) is 42.5 Å². The normalized spacial score (nSPS) is 11.4. The number of amides is 1. The molecule has 1 amide bonds. The second-order valence-electron chi connectivity index (χ2n) is 5.90. The lowest BCUT2D eigenvalue weighted by atomic mass is 10.0. The first-order valence-electron chi connectivity index (χ1n) is 8.37. The number of carbonyl (C=O) groups excluding carboxylic acids is 1. The molecule has 0 aliphatic rings. The van der Waals surface area contributed by atoms with Crippen LogP contribution in [-0.4, -0.2) is 34.6 Å². The number of rotatable bonds is 10. The number of aliphatic carboxylic acids is 1. The van der Waals surface area contributed by atoms with Crippen LogP contribution in [0.4, 0.5) is 5.69 Å². The maximum absolute atomic E-state index is 12.2. The van der Waals surface area contributed by atoms with E-state index in [0.717, 1.165) is 5.56 Å². The Bertz CT molecular complexity index is 794. The largest absolute Gasteiger partial charge is 0.481 e. The first kappa shape index (κ1) is 19.9. The fraction of sp³-hybridized carbons (Fsp3) is 0.263. The maximum Gasteiger partial charge on any atom is 0.310 e. The molecule has 0 fully saturated rings. The van der Waals surface area contributed by atoms with Crippen molar-refractivity contribution < 1.29 is 24.4 Å². The monoisotopic (exact) mass is 372 g/mol. The Balaban J connectivity index is 1.96. The summed E-state index contributed by atoms with van der Waals surface area (Å²) in [6, 6.07) is 14.8. The highest BCUT2D eigenvalue weighted by Crippen LogP contribution is 2.25. The Labute approximate surface area is 155 Å². The van der Waals surface area contributed by atoms with Gasteiger partial charge in [0, 0.05) is 18.5 Å². The topological polar surface area (TPSA) is 119 Å². The minimum atomic E-state index is -0.946. The van der Waals surface area contributed by atoms with Crippen molar-refractivity contribution in [3.05, 3.63) is 70.3 Å². The van der Waals surface area contributed by atoms with Crippen LogP contribution >= 0.6 is 0 Å². The molecule has 1 unspecified atom stereocenters. The average molecular weight is 372 g/mol. The zero-order valence-corrected chi connectivity index (χ0v) is 14.5. The Kier molecular flexibility index (Phi) is 7.30. The van der Waals surface area contributed by atoms with Crippen molar-refractivity contribution in [2.24, 2.45) is 0 Å². The summed E-state index contributed by atoms with van der Waals surface area (Å²) in [5.74, 6) is -1.42. The van der Waals surface area contributed by atoms with E-state index in [1.165, 1.54) is 18.2 Å². The maximum atomic E-state index is 12.2. The number of hydrogen-bond donors (Lipinski definition) is 2. The van der Waals surface area contributed by atoms with E-state index in [1.807, 2.05) is 30.3 Å². The minimum absolute atomic E-state index is 0.00259. The van der Waals surface area contributed by atoms with E-state index in [9.17, 15) is 19.7 Å². The summed E-state index contributed by atoms with van der Waals surface area (Å²) in [4.78, 5) is 33.4. The van der Waals surface area contributed by atoms with Crippen LogP contribution in [0.2, 0.25) is 0 Å². The lowest BCUT2D eigenvalue weighted by molar-refractivity contribution is -0.385. The van der Waals surface area contributed by atoms with Crippen LogP contribution in [-0.2, 0) is 16.0 Å². The number of nitrogens with one attached hydrogen (secondary N) is 1. The van der Waals surface area contributed by atoms with Gasteiger partial charge in [-0.2, -0.15) is 0 Å². The Morgan fingerprint density at radius 3 is 2.44 bits per heavy atom. The number of carbonyl (C=O) groups is 2. The number of benzene rings is 2. The molecule has 1 atom stereocenters. The van der Waals surface area contributed by atoms with Gasteiger partial charge >= 0.3 is 11.7 Å². The van der Waals surface area contributed by atoms with Gasteiger partial charge in [-0.25, -0.2) is 0 Å². The summed E-state index contributed by atoms with van der Waals surface area (Å²) in [5.41, 5.74) is 0.741. The van der Waals surface area contributed by atoms with Crippen molar-refractivity contribution in [2.45, 2.75) is 25.3 Å². The molecular weight excluding hydrogens is 352 g/mol. The summed E-state index contributed by atoms with van der Waals surface area (Å²) < 4.78 is 5.27. The molecule has 2 aromatic carbocycles. The minimum Gasteiger partial charge on any atom is -0.481 e. The zero-order chi connectivity index (χ0) is 19.6. The molecule has 8 nitrogen and oxygen atoms in total. The molecule has 27 heavy (non-hydrogen) atoms. The molecule has 8 heteroatoms. The van der Waals surface area contributed by atoms with E-state index in [0.29, 0.717) is 6.42 Å². The molecule has 0 spiro atoms. The summed E-state index contributed by atoms with van der Waals surface area (Å²) in [7, 11) is 0. The number of nitro benzene ring substituents is 1. The van der Waals surface area contributed by atoms with Gasteiger partial charge in [0.05, 0.1) is 4.92 Å². The number of carboxylic acid groups (broad SMARTS) is 1. The average Bonchev–Trinajstić information content (AvgIpc) is 2.65. The molecule has 0 aliphatic heterocycles. The molecule has 0 aromatic heterocycles. The van der Waals surface area contributed by atoms with Crippen molar-refractivity contribution in [2.75, 3.05) is 6.61 Å². The zero-order valence-electron chi connectivity index (χ0n) is 14.5. The smallest absolute Gasteiger partial charge is 0.310 e. The van der Waals surface area contributed by atoms with Gasteiger partial charge in [0.2, 0.25) is 0 Å². The number of ether oxygens (including phenoxy) is 1. The van der Waals surface area contributed by atoms with E-state index in [1.54, 1.807) is 6.07 Å². The third-order valence-corrected chi connectivity index (χ3v) is 3.82. The molecule has 2 aromatic rings. The summed E-state index contributed by atoms with van der Waals surface area (Å²) in [6.07, 6.45) is 0.662. The lowest BCUT2D eigenvalue weighted by Crippen LogP contribution is -2.39. The van der Waals surface area contributed by atoms with Crippen LogP contribution in [0.25, 0.3) is 0 Å². The second-order valence-corrected chi connectivity index (χ2v) is 5.90.